The number of hydrogen-bond acceptors (Lipinski definition) is 4. The minimum Gasteiger partial charge on any atom is -0.353 e. The zero-order valence-corrected chi connectivity index (χ0v) is 17.6. The summed E-state index contributed by atoms with van der Waals surface area (Å²) in [5, 5.41) is 0. The van der Waals surface area contributed by atoms with Gasteiger partial charge in [0.05, 0.1) is 17.1 Å². The largest absolute Gasteiger partial charge is 0.353 e. The van der Waals surface area contributed by atoms with E-state index in [0.29, 0.717) is 0 Å². The second-order valence-electron chi connectivity index (χ2n) is 7.93. The third-order valence-corrected chi connectivity index (χ3v) is 6.42. The Hall–Kier alpha value is -1.85. The van der Waals surface area contributed by atoms with Crippen LogP contribution >= 0.6 is 15.9 Å². The van der Waals surface area contributed by atoms with Gasteiger partial charge in [-0.1, -0.05) is 22.0 Å². The molecule has 3 heterocycles. The van der Waals surface area contributed by atoms with E-state index in [1.165, 1.54) is 34.5 Å². The first-order chi connectivity index (χ1) is 13.1. The number of benzene rings is 2. The molecule has 0 spiro atoms. The number of rotatable bonds is 0. The summed E-state index contributed by atoms with van der Waals surface area (Å²) in [5.74, 6) is 1.13. The van der Waals surface area contributed by atoms with Crippen LogP contribution in [0.25, 0.3) is 0 Å². The zero-order chi connectivity index (χ0) is 18.5. The quantitative estimate of drug-likeness (QED) is 0.622. The van der Waals surface area contributed by atoms with Crippen molar-refractivity contribution in [1.82, 2.24) is 9.80 Å². The molecule has 2 aromatic carbocycles. The number of anilines is 2. The Bertz CT molecular complexity index is 928. The second-order valence-corrected chi connectivity index (χ2v) is 8.85. The smallest absolute Gasteiger partial charge is 0.138 e. The Morgan fingerprint density at radius 3 is 2.63 bits per heavy atom. The van der Waals surface area contributed by atoms with Gasteiger partial charge in [-0.05, 0) is 62.2 Å². The van der Waals surface area contributed by atoms with E-state index in [1.807, 2.05) is 0 Å². The number of hydrogen-bond donors (Lipinski definition) is 0. The highest BCUT2D eigenvalue weighted by atomic mass is 79.9. The lowest BCUT2D eigenvalue weighted by molar-refractivity contribution is 0.216. The molecule has 0 unspecified atom stereocenters. The van der Waals surface area contributed by atoms with Crippen molar-refractivity contribution in [3.63, 3.8) is 0 Å². The molecule has 140 valence electrons. The van der Waals surface area contributed by atoms with Crippen LogP contribution < -0.4 is 4.90 Å². The molecule has 1 fully saturated rings. The van der Waals surface area contributed by atoms with Crippen molar-refractivity contribution < 1.29 is 0 Å². The van der Waals surface area contributed by atoms with Crippen LogP contribution in [-0.2, 0) is 6.42 Å². The maximum Gasteiger partial charge on any atom is 0.138 e. The summed E-state index contributed by atoms with van der Waals surface area (Å²) >= 11 is 3.69. The van der Waals surface area contributed by atoms with Gasteiger partial charge in [0.25, 0.3) is 0 Å². The minimum absolute atomic E-state index is 1.02. The Morgan fingerprint density at radius 2 is 1.81 bits per heavy atom. The predicted molar refractivity (Wildman–Crippen MR) is 116 cm³/mol. The zero-order valence-electron chi connectivity index (χ0n) is 16.0. The highest BCUT2D eigenvalue weighted by molar-refractivity contribution is 9.10. The third-order valence-electron chi connectivity index (χ3n) is 5.93. The van der Waals surface area contributed by atoms with E-state index < -0.39 is 0 Å². The average Bonchev–Trinajstić information content (AvgIpc) is 2.78. The molecule has 0 amide bonds. The van der Waals surface area contributed by atoms with Gasteiger partial charge in [-0.15, -0.1) is 0 Å². The molecule has 5 heteroatoms. The topological polar surface area (TPSA) is 22.1 Å². The van der Waals surface area contributed by atoms with Gasteiger partial charge in [0, 0.05) is 42.8 Å². The Morgan fingerprint density at radius 1 is 1.00 bits per heavy atom. The summed E-state index contributed by atoms with van der Waals surface area (Å²) in [4.78, 5) is 12.7. The Balaban J connectivity index is 1.74. The van der Waals surface area contributed by atoms with Gasteiger partial charge in [0.1, 0.15) is 5.84 Å². The fraction of sp³-hybridized carbons (Fsp3) is 0.409. The number of likely N-dealkylation sites (N-methyl/N-ethyl adjacent to an activating group) is 1. The van der Waals surface area contributed by atoms with E-state index in [0.717, 1.165) is 55.1 Å². The molecule has 4 nitrogen and oxygen atoms in total. The van der Waals surface area contributed by atoms with Crippen LogP contribution in [0.5, 0.6) is 0 Å². The fourth-order valence-corrected chi connectivity index (χ4v) is 4.92. The van der Waals surface area contributed by atoms with Crippen molar-refractivity contribution in [3.05, 3.63) is 51.5 Å². The highest BCUT2D eigenvalue weighted by Crippen LogP contribution is 2.45. The highest BCUT2D eigenvalue weighted by Gasteiger charge is 2.30. The summed E-state index contributed by atoms with van der Waals surface area (Å²) in [6.07, 6.45) is 2.33. The normalized spacial score (nSPS) is 19.3. The van der Waals surface area contributed by atoms with Crippen LogP contribution in [0.15, 0.2) is 39.8 Å². The van der Waals surface area contributed by atoms with Crippen LogP contribution in [0.3, 0.4) is 0 Å². The van der Waals surface area contributed by atoms with Crippen molar-refractivity contribution in [2.45, 2.75) is 19.8 Å². The maximum atomic E-state index is 5.29. The Labute approximate surface area is 169 Å². The number of aliphatic imine (C=N–C) groups is 1. The summed E-state index contributed by atoms with van der Waals surface area (Å²) in [6.45, 7) is 7.46. The van der Waals surface area contributed by atoms with Crippen LogP contribution in [0.2, 0.25) is 0 Å². The van der Waals surface area contributed by atoms with Gasteiger partial charge in [-0.3, -0.25) is 0 Å². The lowest BCUT2D eigenvalue weighted by Gasteiger charge is -2.35. The van der Waals surface area contributed by atoms with Crippen molar-refractivity contribution >= 4 is 38.8 Å². The van der Waals surface area contributed by atoms with Crippen LogP contribution in [0.1, 0.15) is 23.1 Å². The molecule has 27 heavy (non-hydrogen) atoms. The number of fused-ring (bicyclic) bond motifs is 2. The minimum atomic E-state index is 1.02. The van der Waals surface area contributed by atoms with Crippen molar-refractivity contribution in [2.24, 2.45) is 4.99 Å². The number of amidine groups is 1. The molecule has 2 aromatic rings. The first-order valence-electron chi connectivity index (χ1n) is 9.83. The number of nitrogens with zero attached hydrogens (tertiary/aromatic N) is 4. The van der Waals surface area contributed by atoms with Gasteiger partial charge in [-0.2, -0.15) is 0 Å². The monoisotopic (exact) mass is 424 g/mol. The lowest BCUT2D eigenvalue weighted by atomic mass is 9.97. The molecular weight excluding hydrogens is 400 g/mol. The molecule has 0 N–H and O–H groups in total. The average molecular weight is 425 g/mol. The summed E-state index contributed by atoms with van der Waals surface area (Å²) in [5.41, 5.74) is 7.73. The summed E-state index contributed by atoms with van der Waals surface area (Å²) < 4.78 is 1.11. The molecule has 5 rings (SSSR count). The number of aryl methyl sites for hydroxylation is 2. The van der Waals surface area contributed by atoms with E-state index in [-0.39, 0.29) is 0 Å². The molecule has 1 saturated heterocycles. The lowest BCUT2D eigenvalue weighted by Crippen LogP contribution is -2.47. The van der Waals surface area contributed by atoms with Gasteiger partial charge in [-0.25, -0.2) is 4.99 Å². The van der Waals surface area contributed by atoms with E-state index in [4.69, 9.17) is 4.99 Å². The first-order valence-corrected chi connectivity index (χ1v) is 10.6. The van der Waals surface area contributed by atoms with Crippen LogP contribution in [-0.4, -0.2) is 55.4 Å². The van der Waals surface area contributed by atoms with Gasteiger partial charge >= 0.3 is 0 Å². The van der Waals surface area contributed by atoms with Crippen molar-refractivity contribution in [1.29, 1.82) is 0 Å². The molecule has 3 aliphatic heterocycles. The van der Waals surface area contributed by atoms with Crippen LogP contribution in [0.4, 0.5) is 17.1 Å². The van der Waals surface area contributed by atoms with Gasteiger partial charge < -0.3 is 14.7 Å². The second kappa shape index (κ2) is 6.64. The standard InChI is InChI=1S/C22H25BrN4/c1-15-12-16-4-3-7-27-20-6-5-17(23)14-18(20)22(24-19(13-15)21(16)27)26-10-8-25(2)9-11-26/h5-6,12-14H,3-4,7-11H2,1-2H3. The SMILES string of the molecule is Cc1cc2c3c(c1)N=C(N1CCN(C)CC1)c1cc(Br)ccc1N3CCC2. The number of piperazine rings is 1. The maximum absolute atomic E-state index is 5.29. The van der Waals surface area contributed by atoms with E-state index in [1.54, 1.807) is 0 Å². The predicted octanol–water partition coefficient (Wildman–Crippen LogP) is 4.48. The third kappa shape index (κ3) is 2.97. The molecule has 0 aromatic heterocycles. The fourth-order valence-electron chi connectivity index (χ4n) is 4.56. The first kappa shape index (κ1) is 17.3. The van der Waals surface area contributed by atoms with Crippen molar-refractivity contribution in [2.75, 3.05) is 44.7 Å². The van der Waals surface area contributed by atoms with E-state index >= 15 is 0 Å². The summed E-state index contributed by atoms with van der Waals surface area (Å²) in [6, 6.07) is 11.3. The van der Waals surface area contributed by atoms with Crippen LogP contribution in [0, 0.1) is 6.92 Å². The van der Waals surface area contributed by atoms with E-state index in [2.05, 4.69) is 74.9 Å². The van der Waals surface area contributed by atoms with Crippen molar-refractivity contribution in [3.8, 4) is 0 Å². The molecule has 0 atom stereocenters. The molecule has 3 aliphatic rings. The molecule has 0 bridgehead atoms. The van der Waals surface area contributed by atoms with E-state index in [9.17, 15) is 0 Å². The molecule has 0 saturated carbocycles. The Kier molecular flexibility index (Phi) is 4.25. The molecular formula is C22H25BrN4. The number of halogens is 1. The molecule has 0 radical (unpaired) electrons. The summed E-state index contributed by atoms with van der Waals surface area (Å²) in [7, 11) is 2.20. The van der Waals surface area contributed by atoms with Gasteiger partial charge in [0.15, 0.2) is 0 Å². The molecule has 0 aliphatic carbocycles. The van der Waals surface area contributed by atoms with Gasteiger partial charge in [0.2, 0.25) is 0 Å².